The van der Waals surface area contributed by atoms with E-state index in [-0.39, 0.29) is 0 Å². The monoisotopic (exact) mass is 268 g/mol. The molecule has 76 valence electrons. The summed E-state index contributed by atoms with van der Waals surface area (Å²) in [6.07, 6.45) is 0. The van der Waals surface area contributed by atoms with E-state index in [2.05, 4.69) is 30.3 Å². The van der Waals surface area contributed by atoms with Gasteiger partial charge >= 0.3 is 99.9 Å². The van der Waals surface area contributed by atoms with Gasteiger partial charge in [-0.25, -0.2) is 0 Å². The molecule has 0 amide bonds. The topological polar surface area (TPSA) is 17.1 Å². The molecule has 2 heteroatoms. The molecule has 0 spiro atoms. The van der Waals surface area contributed by atoms with Crippen molar-refractivity contribution in [2.24, 2.45) is 0 Å². The Kier molecular flexibility index (Phi) is 2.34. The van der Waals surface area contributed by atoms with Crippen LogP contribution in [0, 0.1) is 0 Å². The first-order chi connectivity index (χ1) is 7.88. The summed E-state index contributed by atoms with van der Waals surface area (Å²) in [5.41, 5.74) is 0. The molecule has 1 nitrogen and oxygen atoms in total. The van der Waals surface area contributed by atoms with Gasteiger partial charge in [0.15, 0.2) is 0 Å². The molecule has 0 radical (unpaired) electrons. The van der Waals surface area contributed by atoms with Crippen LogP contribution in [0.1, 0.15) is 0 Å². The van der Waals surface area contributed by atoms with E-state index in [1.807, 2.05) is 24.3 Å². The fourth-order valence-corrected chi connectivity index (χ4v) is 2.95. The van der Waals surface area contributed by atoms with Crippen molar-refractivity contribution < 1.29 is 3.74 Å². The molecule has 0 bridgehead atoms. The maximum absolute atomic E-state index is 11.2. The van der Waals surface area contributed by atoms with E-state index >= 15 is 0 Å². The van der Waals surface area contributed by atoms with Crippen LogP contribution in [-0.2, 0) is 3.74 Å². The Hall–Kier alpha value is -1.46. The number of hydrogen-bond donors (Lipinski definition) is 0. The zero-order valence-electron chi connectivity index (χ0n) is 8.55. The van der Waals surface area contributed by atoms with Crippen LogP contribution in [0.15, 0.2) is 54.6 Å². The molecule has 0 atom stereocenters. The molecular formula is C14H9AsO. The Morgan fingerprint density at radius 1 is 0.750 bits per heavy atom. The maximum atomic E-state index is 11.2. The molecule has 3 aromatic carbocycles. The third-order valence-electron chi connectivity index (χ3n) is 2.82. The van der Waals surface area contributed by atoms with E-state index in [1.54, 1.807) is 0 Å². The summed E-state index contributed by atoms with van der Waals surface area (Å²) in [6, 6.07) is 18.5. The van der Waals surface area contributed by atoms with Crippen molar-refractivity contribution in [3.05, 3.63) is 54.6 Å². The first-order valence-corrected chi connectivity index (χ1v) is 6.84. The molecule has 0 saturated heterocycles. The first-order valence-electron chi connectivity index (χ1n) is 5.13. The van der Waals surface area contributed by atoms with Crippen molar-refractivity contribution in [3.8, 4) is 0 Å². The quantitative estimate of drug-likeness (QED) is 0.490. The Morgan fingerprint density at radius 2 is 1.44 bits per heavy atom. The van der Waals surface area contributed by atoms with Gasteiger partial charge in [-0.05, 0) is 0 Å². The summed E-state index contributed by atoms with van der Waals surface area (Å²) in [5, 5.41) is 4.73. The van der Waals surface area contributed by atoms with Gasteiger partial charge in [-0.1, -0.05) is 0 Å². The number of hydrogen-bond acceptors (Lipinski definition) is 1. The van der Waals surface area contributed by atoms with Crippen LogP contribution in [0.4, 0.5) is 0 Å². The van der Waals surface area contributed by atoms with Crippen LogP contribution >= 0.6 is 0 Å². The summed E-state index contributed by atoms with van der Waals surface area (Å²) in [4.78, 5) is 0. The summed E-state index contributed by atoms with van der Waals surface area (Å²) >= 11 is -0.960. The number of benzene rings is 3. The third kappa shape index (κ3) is 1.48. The second kappa shape index (κ2) is 3.84. The fourth-order valence-electron chi connectivity index (χ4n) is 2.03. The standard InChI is InChI=1S/C14H9AsO/c16-15-14-7-3-6-12-8-10-4-1-2-5-11(10)9-13(12)14/h1-9H. The zero-order valence-corrected chi connectivity index (χ0v) is 10.4. The molecule has 0 N–H and O–H groups in total. The van der Waals surface area contributed by atoms with Gasteiger partial charge in [0.1, 0.15) is 0 Å². The molecule has 3 aromatic rings. The number of fused-ring (bicyclic) bond motifs is 2. The van der Waals surface area contributed by atoms with Gasteiger partial charge in [-0.2, -0.15) is 0 Å². The number of rotatable bonds is 1. The van der Waals surface area contributed by atoms with Gasteiger partial charge in [0, 0.05) is 0 Å². The Labute approximate surface area is 100.0 Å². The molecule has 16 heavy (non-hydrogen) atoms. The zero-order chi connectivity index (χ0) is 11.0. The van der Waals surface area contributed by atoms with E-state index in [0.29, 0.717) is 0 Å². The van der Waals surface area contributed by atoms with Crippen molar-refractivity contribution in [2.75, 3.05) is 0 Å². The predicted octanol–water partition coefficient (Wildman–Crippen LogP) is 2.67. The van der Waals surface area contributed by atoms with E-state index < -0.39 is 15.7 Å². The molecule has 0 fully saturated rings. The molecule has 0 heterocycles. The van der Waals surface area contributed by atoms with Crippen molar-refractivity contribution in [2.45, 2.75) is 0 Å². The molecular weight excluding hydrogens is 259 g/mol. The van der Waals surface area contributed by atoms with Crippen molar-refractivity contribution in [3.63, 3.8) is 0 Å². The van der Waals surface area contributed by atoms with E-state index in [0.717, 1.165) is 9.74 Å². The summed E-state index contributed by atoms with van der Waals surface area (Å²) in [6.45, 7) is 0. The molecule has 0 aliphatic rings. The van der Waals surface area contributed by atoms with Crippen LogP contribution in [0.5, 0.6) is 0 Å². The normalized spacial score (nSPS) is 11.2. The van der Waals surface area contributed by atoms with Gasteiger partial charge in [-0.15, -0.1) is 0 Å². The molecule has 0 aliphatic carbocycles. The van der Waals surface area contributed by atoms with Crippen molar-refractivity contribution >= 4 is 41.6 Å². The average Bonchev–Trinajstić information content (AvgIpc) is 2.35. The van der Waals surface area contributed by atoms with Crippen LogP contribution in [0.3, 0.4) is 0 Å². The van der Waals surface area contributed by atoms with Crippen molar-refractivity contribution in [1.29, 1.82) is 0 Å². The molecule has 0 unspecified atom stereocenters. The second-order valence-electron chi connectivity index (χ2n) is 3.79. The van der Waals surface area contributed by atoms with E-state index in [4.69, 9.17) is 0 Å². The van der Waals surface area contributed by atoms with Crippen molar-refractivity contribution in [1.82, 2.24) is 0 Å². The minimum atomic E-state index is -0.960. The minimum absolute atomic E-state index is 0.960. The Bertz CT molecular complexity index is 688. The second-order valence-corrected chi connectivity index (χ2v) is 5.18. The average molecular weight is 268 g/mol. The summed E-state index contributed by atoms with van der Waals surface area (Å²) in [7, 11) is 0. The van der Waals surface area contributed by atoms with Crippen LogP contribution in [-0.4, -0.2) is 15.7 Å². The Morgan fingerprint density at radius 3 is 2.19 bits per heavy atom. The Balaban J connectivity index is 2.51. The van der Waals surface area contributed by atoms with Crippen LogP contribution in [0.2, 0.25) is 0 Å². The van der Waals surface area contributed by atoms with Gasteiger partial charge < -0.3 is 0 Å². The predicted molar refractivity (Wildman–Crippen MR) is 67.5 cm³/mol. The molecule has 0 aromatic heterocycles. The van der Waals surface area contributed by atoms with Crippen LogP contribution in [0.25, 0.3) is 21.5 Å². The van der Waals surface area contributed by atoms with Gasteiger partial charge in [0.25, 0.3) is 0 Å². The fraction of sp³-hybridized carbons (Fsp3) is 0. The molecule has 3 rings (SSSR count). The van der Waals surface area contributed by atoms with Crippen LogP contribution < -0.4 is 4.35 Å². The first kappa shape index (κ1) is 9.74. The van der Waals surface area contributed by atoms with E-state index in [1.165, 1.54) is 16.2 Å². The SMILES string of the molecule is O=[As]c1cccc2cc3ccccc3cc12. The third-order valence-corrected chi connectivity index (χ3v) is 4.05. The summed E-state index contributed by atoms with van der Waals surface area (Å²) in [5.74, 6) is 0. The van der Waals surface area contributed by atoms with Gasteiger partial charge in [-0.3, -0.25) is 0 Å². The van der Waals surface area contributed by atoms with E-state index in [9.17, 15) is 3.74 Å². The van der Waals surface area contributed by atoms with Gasteiger partial charge in [0.2, 0.25) is 0 Å². The summed E-state index contributed by atoms with van der Waals surface area (Å²) < 4.78 is 12.1. The molecule has 0 aliphatic heterocycles. The molecule has 0 saturated carbocycles. The van der Waals surface area contributed by atoms with Gasteiger partial charge in [0.05, 0.1) is 0 Å².